The van der Waals surface area contributed by atoms with E-state index in [-0.39, 0.29) is 28.4 Å². The molecule has 3 heterocycles. The summed E-state index contributed by atoms with van der Waals surface area (Å²) in [6.07, 6.45) is -16.2. The summed E-state index contributed by atoms with van der Waals surface area (Å²) in [4.78, 5) is 13.7. The fourth-order valence-electron chi connectivity index (χ4n) is 5.10. The van der Waals surface area contributed by atoms with E-state index in [2.05, 4.69) is 0 Å². The molecule has 0 aliphatic carbocycles. The summed E-state index contributed by atoms with van der Waals surface area (Å²) in [7, 11) is 1.28. The quantitative estimate of drug-likeness (QED) is 0.147. The van der Waals surface area contributed by atoms with Gasteiger partial charge >= 0.3 is 0 Å². The second-order valence-electron chi connectivity index (χ2n) is 10.4. The summed E-state index contributed by atoms with van der Waals surface area (Å²) >= 11 is 0. The van der Waals surface area contributed by atoms with Crippen LogP contribution in [0.4, 0.5) is 0 Å². The Morgan fingerprint density at radius 1 is 0.841 bits per heavy atom. The number of ether oxygens (including phenoxy) is 5. The van der Waals surface area contributed by atoms with Crippen molar-refractivity contribution in [2.75, 3.05) is 13.7 Å². The molecule has 2 aromatic carbocycles. The summed E-state index contributed by atoms with van der Waals surface area (Å²) in [5.74, 6) is -2.28. The van der Waals surface area contributed by atoms with E-state index in [9.17, 15) is 50.8 Å². The fourth-order valence-corrected chi connectivity index (χ4v) is 5.10. The van der Waals surface area contributed by atoms with Crippen molar-refractivity contribution in [3.05, 3.63) is 40.6 Å². The Kier molecular flexibility index (Phi) is 8.90. The topological polar surface area (TPSA) is 258 Å². The SMILES string of the molecule is COc1cc(-c2oc3cc(O)cc(O)c3c(=O)c2O[C@H]2O[C@@H](CO)[C@H](O[C@@H]3O[C@H](C)[C@H](O)[C@@H](O)[C@@H]3O)[C@@H](O)[C@@H]2O)ccc1O. The first-order chi connectivity index (χ1) is 20.9. The first-order valence-corrected chi connectivity index (χ1v) is 13.4. The normalized spacial score (nSPS) is 32.5. The summed E-state index contributed by atoms with van der Waals surface area (Å²) in [6.45, 7) is 0.577. The summed E-state index contributed by atoms with van der Waals surface area (Å²) in [6, 6.07) is 5.83. The largest absolute Gasteiger partial charge is 0.508 e. The average Bonchev–Trinajstić information content (AvgIpc) is 2.99. The van der Waals surface area contributed by atoms with Crippen LogP contribution in [-0.4, -0.2) is 121 Å². The van der Waals surface area contributed by atoms with Crippen molar-refractivity contribution in [3.8, 4) is 40.1 Å². The molecule has 0 bridgehead atoms. The molecule has 0 radical (unpaired) electrons. The lowest BCUT2D eigenvalue weighted by atomic mass is 9.97. The van der Waals surface area contributed by atoms with Crippen LogP contribution in [0.2, 0.25) is 0 Å². The maximum absolute atomic E-state index is 13.7. The Labute approximate surface area is 248 Å². The number of aliphatic hydroxyl groups excluding tert-OH is 6. The second kappa shape index (κ2) is 12.4. The van der Waals surface area contributed by atoms with Gasteiger partial charge in [-0.25, -0.2) is 0 Å². The molecule has 0 saturated carbocycles. The van der Waals surface area contributed by atoms with Gasteiger partial charge in [0, 0.05) is 17.7 Å². The maximum Gasteiger partial charge on any atom is 0.239 e. The van der Waals surface area contributed by atoms with Crippen LogP contribution in [0.25, 0.3) is 22.3 Å². The summed E-state index contributed by atoms with van der Waals surface area (Å²) in [5.41, 5.74) is -1.11. The lowest BCUT2D eigenvalue weighted by molar-refractivity contribution is -0.349. The van der Waals surface area contributed by atoms with E-state index in [0.29, 0.717) is 0 Å². The lowest BCUT2D eigenvalue weighted by Crippen LogP contribution is -2.64. The zero-order valence-electron chi connectivity index (χ0n) is 23.3. The molecule has 44 heavy (non-hydrogen) atoms. The maximum atomic E-state index is 13.7. The molecule has 1 aromatic heterocycles. The molecule has 2 aliphatic rings. The predicted octanol–water partition coefficient (Wildman–Crippen LogP) is -1.38. The van der Waals surface area contributed by atoms with Crippen molar-refractivity contribution < 1.29 is 74.1 Å². The Balaban J connectivity index is 1.51. The van der Waals surface area contributed by atoms with Crippen molar-refractivity contribution in [2.24, 2.45) is 0 Å². The highest BCUT2D eigenvalue weighted by atomic mass is 16.7. The van der Waals surface area contributed by atoms with Gasteiger partial charge < -0.3 is 74.1 Å². The number of phenols is 3. The van der Waals surface area contributed by atoms with Crippen molar-refractivity contribution in [1.29, 1.82) is 0 Å². The van der Waals surface area contributed by atoms with Crippen LogP contribution >= 0.6 is 0 Å². The van der Waals surface area contributed by atoms with Gasteiger partial charge in [-0.05, 0) is 25.1 Å². The third-order valence-corrected chi connectivity index (χ3v) is 7.51. The molecule has 2 fully saturated rings. The van der Waals surface area contributed by atoms with E-state index in [1.165, 1.54) is 32.2 Å². The fraction of sp³-hybridized carbons (Fsp3) is 0.464. The molecule has 16 nitrogen and oxygen atoms in total. The number of hydrogen-bond acceptors (Lipinski definition) is 16. The van der Waals surface area contributed by atoms with Gasteiger partial charge in [0.15, 0.2) is 23.5 Å². The van der Waals surface area contributed by atoms with Crippen LogP contribution in [0.5, 0.6) is 28.7 Å². The second-order valence-corrected chi connectivity index (χ2v) is 10.4. The van der Waals surface area contributed by atoms with Gasteiger partial charge in [-0.3, -0.25) is 4.79 Å². The number of methoxy groups -OCH3 is 1. The van der Waals surface area contributed by atoms with Gasteiger partial charge in [-0.2, -0.15) is 0 Å². The smallest absolute Gasteiger partial charge is 0.239 e. The molecule has 0 unspecified atom stereocenters. The van der Waals surface area contributed by atoms with Crippen molar-refractivity contribution in [3.63, 3.8) is 0 Å². The number of rotatable bonds is 7. The molecule has 0 amide bonds. The van der Waals surface area contributed by atoms with Crippen LogP contribution in [0.15, 0.2) is 39.5 Å². The number of hydrogen-bond donors (Lipinski definition) is 9. The van der Waals surface area contributed by atoms with Crippen LogP contribution in [0.1, 0.15) is 6.92 Å². The predicted molar refractivity (Wildman–Crippen MR) is 145 cm³/mol. The minimum absolute atomic E-state index is 0.0151. The monoisotopic (exact) mass is 624 g/mol. The molecule has 2 saturated heterocycles. The highest BCUT2D eigenvalue weighted by Crippen LogP contribution is 2.40. The third kappa shape index (κ3) is 5.63. The van der Waals surface area contributed by atoms with Crippen molar-refractivity contribution in [1.82, 2.24) is 0 Å². The van der Waals surface area contributed by atoms with Crippen LogP contribution in [-0.2, 0) is 14.2 Å². The van der Waals surface area contributed by atoms with Crippen LogP contribution in [0, 0.1) is 0 Å². The van der Waals surface area contributed by atoms with Gasteiger partial charge in [-0.1, -0.05) is 0 Å². The average molecular weight is 625 g/mol. The summed E-state index contributed by atoms with van der Waals surface area (Å²) in [5, 5.41) is 92.4. The number of aromatic hydroxyl groups is 3. The number of phenolic OH excluding ortho intramolecular Hbond substituents is 3. The van der Waals surface area contributed by atoms with Gasteiger partial charge in [-0.15, -0.1) is 0 Å². The minimum Gasteiger partial charge on any atom is -0.508 e. The van der Waals surface area contributed by atoms with Gasteiger partial charge in [0.05, 0.1) is 19.8 Å². The minimum atomic E-state index is -1.97. The first kappa shape index (κ1) is 31.7. The van der Waals surface area contributed by atoms with Gasteiger partial charge in [0.1, 0.15) is 65.2 Å². The first-order valence-electron chi connectivity index (χ1n) is 13.4. The Morgan fingerprint density at radius 3 is 2.23 bits per heavy atom. The number of fused-ring (bicyclic) bond motifs is 1. The molecular weight excluding hydrogens is 592 g/mol. The van der Waals surface area contributed by atoms with E-state index in [1.54, 1.807) is 0 Å². The van der Waals surface area contributed by atoms with Crippen molar-refractivity contribution >= 4 is 11.0 Å². The Bertz CT molecular complexity index is 1550. The molecule has 16 heteroatoms. The highest BCUT2D eigenvalue weighted by molar-refractivity contribution is 5.88. The molecule has 3 aromatic rings. The molecule has 2 aliphatic heterocycles. The number of benzene rings is 2. The van der Waals surface area contributed by atoms with Gasteiger partial charge in [0.25, 0.3) is 0 Å². The molecule has 240 valence electrons. The summed E-state index contributed by atoms with van der Waals surface area (Å²) < 4.78 is 33.3. The third-order valence-electron chi connectivity index (χ3n) is 7.51. The van der Waals surface area contributed by atoms with Crippen LogP contribution in [0.3, 0.4) is 0 Å². The zero-order valence-corrected chi connectivity index (χ0v) is 23.3. The van der Waals surface area contributed by atoms with E-state index < -0.39 is 96.1 Å². The lowest BCUT2D eigenvalue weighted by Gasteiger charge is -2.45. The number of aliphatic hydroxyl groups is 6. The van der Waals surface area contributed by atoms with E-state index >= 15 is 0 Å². The van der Waals surface area contributed by atoms with Crippen LogP contribution < -0.4 is 14.9 Å². The zero-order chi connectivity index (χ0) is 32.0. The molecule has 5 rings (SSSR count). The molecular formula is C28H32O16. The standard InChI is InChI=1S/C28H32O16/c1-9-18(33)20(35)22(37)27(40-9)43-25-16(8-29)42-28(23(38)21(25)36)44-26-19(34)17-13(32)6-11(30)7-15(17)41-24(26)10-3-4-12(31)14(5-10)39-2/h3-7,9,16,18,20-23,25,27-33,35-38H,8H2,1-2H3/t9-,16+,18+,20-,21+,22+,23+,25+,27+,28-/m1/s1. The Morgan fingerprint density at radius 2 is 1.55 bits per heavy atom. The van der Waals surface area contributed by atoms with E-state index in [1.807, 2.05) is 0 Å². The van der Waals surface area contributed by atoms with Gasteiger partial charge in [0.2, 0.25) is 17.5 Å². The molecule has 10 atom stereocenters. The Hall–Kier alpha value is -3.71. The van der Waals surface area contributed by atoms with E-state index in [0.717, 1.165) is 12.1 Å². The van der Waals surface area contributed by atoms with Crippen molar-refractivity contribution in [2.45, 2.75) is 68.3 Å². The molecule has 0 spiro atoms. The van der Waals surface area contributed by atoms with E-state index in [4.69, 9.17) is 28.1 Å². The molecule has 9 N–H and O–H groups in total. The highest BCUT2D eigenvalue weighted by Gasteiger charge is 2.51.